The molecule has 0 radical (unpaired) electrons. The van der Waals surface area contributed by atoms with Gasteiger partial charge in [0, 0.05) is 5.69 Å². The van der Waals surface area contributed by atoms with E-state index in [-0.39, 0.29) is 0 Å². The first-order valence-electron chi connectivity index (χ1n) is 6.75. The van der Waals surface area contributed by atoms with Crippen LogP contribution in [0.5, 0.6) is 0 Å². The van der Waals surface area contributed by atoms with Gasteiger partial charge in [-0.2, -0.15) is 0 Å². The fourth-order valence-electron chi connectivity index (χ4n) is 2.14. The van der Waals surface area contributed by atoms with Crippen LogP contribution in [0.25, 0.3) is 0 Å². The first-order valence-corrected chi connectivity index (χ1v) is 6.75. The van der Waals surface area contributed by atoms with E-state index in [1.807, 2.05) is 61.5 Å². The lowest BCUT2D eigenvalue weighted by molar-refractivity contribution is -0.138. The number of carboxylic acid groups (broad SMARTS) is 1. The third-order valence-electron chi connectivity index (χ3n) is 3.34. The van der Waals surface area contributed by atoms with Crippen LogP contribution in [-0.2, 0) is 11.2 Å². The molecule has 0 amide bonds. The summed E-state index contributed by atoms with van der Waals surface area (Å²) in [6.07, 6.45) is 1.31. The topological polar surface area (TPSA) is 49.3 Å². The Morgan fingerprint density at radius 3 is 2.40 bits per heavy atom. The minimum atomic E-state index is -0.816. The van der Waals surface area contributed by atoms with Gasteiger partial charge in [-0.15, -0.1) is 0 Å². The van der Waals surface area contributed by atoms with Crippen LogP contribution >= 0.6 is 0 Å². The summed E-state index contributed by atoms with van der Waals surface area (Å²) >= 11 is 0. The van der Waals surface area contributed by atoms with Gasteiger partial charge in [-0.25, -0.2) is 4.79 Å². The number of benzene rings is 2. The van der Waals surface area contributed by atoms with Crippen LogP contribution < -0.4 is 5.32 Å². The molecular formula is C17H19NO2. The quantitative estimate of drug-likeness (QED) is 0.844. The lowest BCUT2D eigenvalue weighted by Crippen LogP contribution is -2.30. The molecule has 3 heteroatoms. The SMILES string of the molecule is Cc1ccccc1NC(CCc1ccccc1)C(=O)O. The van der Waals surface area contributed by atoms with Crippen LogP contribution in [0.15, 0.2) is 54.6 Å². The van der Waals surface area contributed by atoms with Gasteiger partial charge < -0.3 is 10.4 Å². The second kappa shape index (κ2) is 6.75. The van der Waals surface area contributed by atoms with Crippen molar-refractivity contribution in [2.45, 2.75) is 25.8 Å². The monoisotopic (exact) mass is 269 g/mol. The van der Waals surface area contributed by atoms with Gasteiger partial charge >= 0.3 is 5.97 Å². The Morgan fingerprint density at radius 1 is 1.10 bits per heavy atom. The van der Waals surface area contributed by atoms with Crippen molar-refractivity contribution in [2.24, 2.45) is 0 Å². The molecule has 2 aromatic carbocycles. The van der Waals surface area contributed by atoms with Crippen LogP contribution in [0.1, 0.15) is 17.5 Å². The van der Waals surface area contributed by atoms with Crippen molar-refractivity contribution in [2.75, 3.05) is 5.32 Å². The molecule has 0 aliphatic carbocycles. The molecule has 1 atom stereocenters. The maximum atomic E-state index is 11.4. The summed E-state index contributed by atoms with van der Waals surface area (Å²) in [6, 6.07) is 17.1. The lowest BCUT2D eigenvalue weighted by atomic mass is 10.0. The van der Waals surface area contributed by atoms with E-state index in [0.29, 0.717) is 6.42 Å². The van der Waals surface area contributed by atoms with Crippen molar-refractivity contribution in [1.29, 1.82) is 0 Å². The molecule has 0 heterocycles. The zero-order valence-electron chi connectivity index (χ0n) is 11.5. The lowest BCUT2D eigenvalue weighted by Gasteiger charge is -2.17. The second-order valence-electron chi connectivity index (χ2n) is 4.87. The molecule has 2 N–H and O–H groups in total. The minimum absolute atomic E-state index is 0.563. The molecule has 20 heavy (non-hydrogen) atoms. The summed E-state index contributed by atoms with van der Waals surface area (Å²) in [7, 11) is 0. The fraction of sp³-hybridized carbons (Fsp3) is 0.235. The van der Waals surface area contributed by atoms with Crippen LogP contribution in [-0.4, -0.2) is 17.1 Å². The highest BCUT2D eigenvalue weighted by Gasteiger charge is 2.17. The van der Waals surface area contributed by atoms with Crippen molar-refractivity contribution < 1.29 is 9.90 Å². The van der Waals surface area contributed by atoms with Crippen LogP contribution in [0.2, 0.25) is 0 Å². The molecule has 0 spiro atoms. The Balaban J connectivity index is 2.01. The molecule has 0 aromatic heterocycles. The number of carbonyl (C=O) groups is 1. The van der Waals surface area contributed by atoms with Gasteiger partial charge in [0.2, 0.25) is 0 Å². The molecular weight excluding hydrogens is 250 g/mol. The zero-order chi connectivity index (χ0) is 14.4. The number of aryl methyl sites for hydroxylation is 2. The van der Waals surface area contributed by atoms with E-state index in [1.165, 1.54) is 0 Å². The van der Waals surface area contributed by atoms with Crippen molar-refractivity contribution in [3.63, 3.8) is 0 Å². The highest BCUT2D eigenvalue weighted by atomic mass is 16.4. The van der Waals surface area contributed by atoms with Crippen molar-refractivity contribution >= 4 is 11.7 Å². The predicted octanol–water partition coefficient (Wildman–Crippen LogP) is 3.49. The van der Waals surface area contributed by atoms with Crippen molar-refractivity contribution in [3.8, 4) is 0 Å². The van der Waals surface area contributed by atoms with Gasteiger partial charge in [0.05, 0.1) is 0 Å². The first kappa shape index (κ1) is 14.1. The first-order chi connectivity index (χ1) is 9.66. The van der Waals surface area contributed by atoms with Gasteiger partial charge in [0.15, 0.2) is 0 Å². The molecule has 0 saturated heterocycles. The van der Waals surface area contributed by atoms with Crippen LogP contribution in [0, 0.1) is 6.92 Å². The Hall–Kier alpha value is -2.29. The summed E-state index contributed by atoms with van der Waals surface area (Å²) in [5.74, 6) is -0.816. The Bertz CT molecular complexity index is 566. The number of nitrogens with one attached hydrogen (secondary N) is 1. The number of hydrogen-bond donors (Lipinski definition) is 2. The number of aliphatic carboxylic acids is 1. The number of rotatable bonds is 6. The van der Waals surface area contributed by atoms with Gasteiger partial charge in [0.25, 0.3) is 0 Å². The fourth-order valence-corrected chi connectivity index (χ4v) is 2.14. The molecule has 1 unspecified atom stereocenters. The average molecular weight is 269 g/mol. The van der Waals surface area contributed by atoms with E-state index >= 15 is 0 Å². The van der Waals surface area contributed by atoms with E-state index in [4.69, 9.17) is 0 Å². The largest absolute Gasteiger partial charge is 0.480 e. The molecule has 3 nitrogen and oxygen atoms in total. The van der Waals surface area contributed by atoms with Gasteiger partial charge in [-0.3, -0.25) is 0 Å². The molecule has 0 saturated carbocycles. The van der Waals surface area contributed by atoms with E-state index < -0.39 is 12.0 Å². The van der Waals surface area contributed by atoms with E-state index in [1.54, 1.807) is 0 Å². The van der Waals surface area contributed by atoms with Crippen LogP contribution in [0.3, 0.4) is 0 Å². The molecule has 0 fully saturated rings. The van der Waals surface area contributed by atoms with Crippen molar-refractivity contribution in [3.05, 3.63) is 65.7 Å². The third-order valence-corrected chi connectivity index (χ3v) is 3.34. The highest BCUT2D eigenvalue weighted by Crippen LogP contribution is 2.16. The normalized spacial score (nSPS) is 11.8. The maximum Gasteiger partial charge on any atom is 0.326 e. The van der Waals surface area contributed by atoms with Gasteiger partial charge in [0.1, 0.15) is 6.04 Å². The predicted molar refractivity (Wildman–Crippen MR) is 81.0 cm³/mol. The Morgan fingerprint density at radius 2 is 1.75 bits per heavy atom. The van der Waals surface area contributed by atoms with E-state index in [0.717, 1.165) is 23.2 Å². The standard InChI is InChI=1S/C17H19NO2/c1-13-7-5-6-10-15(13)18-16(17(19)20)12-11-14-8-3-2-4-9-14/h2-10,16,18H,11-12H2,1H3,(H,19,20). The molecule has 104 valence electrons. The average Bonchev–Trinajstić information content (AvgIpc) is 2.46. The number of hydrogen-bond acceptors (Lipinski definition) is 2. The molecule has 2 aromatic rings. The summed E-state index contributed by atoms with van der Waals surface area (Å²) < 4.78 is 0. The number of anilines is 1. The smallest absolute Gasteiger partial charge is 0.326 e. The van der Waals surface area contributed by atoms with Gasteiger partial charge in [-0.05, 0) is 37.0 Å². The maximum absolute atomic E-state index is 11.4. The minimum Gasteiger partial charge on any atom is -0.480 e. The van der Waals surface area contributed by atoms with E-state index in [2.05, 4.69) is 5.32 Å². The molecule has 2 rings (SSSR count). The zero-order valence-corrected chi connectivity index (χ0v) is 11.5. The van der Waals surface area contributed by atoms with E-state index in [9.17, 15) is 9.90 Å². The summed E-state index contributed by atoms with van der Waals surface area (Å²) in [5, 5.41) is 12.5. The third kappa shape index (κ3) is 3.85. The van der Waals surface area contributed by atoms with Crippen LogP contribution in [0.4, 0.5) is 5.69 Å². The Kier molecular flexibility index (Phi) is 4.77. The van der Waals surface area contributed by atoms with Gasteiger partial charge in [-0.1, -0.05) is 48.5 Å². The number of para-hydroxylation sites is 1. The summed E-state index contributed by atoms with van der Waals surface area (Å²) in [4.78, 5) is 11.4. The number of carboxylic acids is 1. The molecule has 0 aliphatic rings. The summed E-state index contributed by atoms with van der Waals surface area (Å²) in [6.45, 7) is 1.97. The second-order valence-corrected chi connectivity index (χ2v) is 4.87. The Labute approximate surface area is 119 Å². The molecule has 0 aliphatic heterocycles. The highest BCUT2D eigenvalue weighted by molar-refractivity contribution is 5.77. The molecule has 0 bridgehead atoms. The van der Waals surface area contributed by atoms with Crippen molar-refractivity contribution in [1.82, 2.24) is 0 Å². The summed E-state index contributed by atoms with van der Waals surface area (Å²) in [5.41, 5.74) is 3.09.